The Morgan fingerprint density at radius 2 is 2.10 bits per heavy atom. The van der Waals surface area contributed by atoms with E-state index in [1.807, 2.05) is 17.9 Å². The molecule has 4 nitrogen and oxygen atoms in total. The zero-order chi connectivity index (χ0) is 15.5. The number of hydrogen-bond acceptors (Lipinski definition) is 4. The van der Waals surface area contributed by atoms with E-state index in [-0.39, 0.29) is 23.4 Å². The Labute approximate surface area is 126 Å². The Kier molecular flexibility index (Phi) is 5.22. The smallest absolute Gasteiger partial charge is 0.152 e. The van der Waals surface area contributed by atoms with Crippen molar-refractivity contribution < 1.29 is 12.8 Å². The van der Waals surface area contributed by atoms with Crippen molar-refractivity contribution in [2.75, 3.05) is 29.5 Å². The maximum atomic E-state index is 14.2. The Balaban J connectivity index is 2.28. The molecule has 1 aromatic carbocycles. The van der Waals surface area contributed by atoms with E-state index < -0.39 is 9.84 Å². The lowest BCUT2D eigenvalue weighted by atomic mass is 10.0. The van der Waals surface area contributed by atoms with Crippen LogP contribution in [-0.2, 0) is 16.3 Å². The molecule has 21 heavy (non-hydrogen) atoms. The number of nitrogens with zero attached hydrogens (tertiary/aromatic N) is 1. The van der Waals surface area contributed by atoms with Crippen LogP contribution in [0.4, 0.5) is 10.1 Å². The molecule has 1 aliphatic rings. The molecule has 2 rings (SSSR count). The van der Waals surface area contributed by atoms with Crippen molar-refractivity contribution in [2.45, 2.75) is 32.2 Å². The van der Waals surface area contributed by atoms with E-state index in [4.69, 9.17) is 5.73 Å². The van der Waals surface area contributed by atoms with Crippen LogP contribution >= 0.6 is 0 Å². The summed E-state index contributed by atoms with van der Waals surface area (Å²) in [6.45, 7) is 3.03. The second-order valence-corrected chi connectivity index (χ2v) is 7.91. The molecule has 1 unspecified atom stereocenters. The molecule has 0 spiro atoms. The number of rotatable bonds is 4. The van der Waals surface area contributed by atoms with Gasteiger partial charge in [0, 0.05) is 30.4 Å². The van der Waals surface area contributed by atoms with Crippen molar-refractivity contribution in [1.29, 1.82) is 0 Å². The minimum absolute atomic E-state index is 0.0867. The Bertz CT molecular complexity index is 589. The molecule has 1 heterocycles. The lowest BCUT2D eigenvalue weighted by Crippen LogP contribution is -2.30. The summed E-state index contributed by atoms with van der Waals surface area (Å²) in [6.07, 6.45) is 1.84. The molecule has 0 aliphatic carbocycles. The van der Waals surface area contributed by atoms with E-state index in [1.165, 1.54) is 6.07 Å². The first-order valence-corrected chi connectivity index (χ1v) is 9.23. The minimum atomic E-state index is -2.97. The van der Waals surface area contributed by atoms with Gasteiger partial charge in [-0.25, -0.2) is 12.8 Å². The summed E-state index contributed by atoms with van der Waals surface area (Å²) < 4.78 is 37.6. The standard InChI is InChI=1S/C15H23FN2O2S/c1-2-12(17)11-13-14(16)5-3-6-15(13)18-7-4-9-21(19,20)10-8-18/h3,5-6,12H,2,4,7-11,17H2,1H3. The summed E-state index contributed by atoms with van der Waals surface area (Å²) in [5, 5.41) is 0. The van der Waals surface area contributed by atoms with Crippen molar-refractivity contribution in [3.8, 4) is 0 Å². The van der Waals surface area contributed by atoms with Crippen LogP contribution in [0.15, 0.2) is 18.2 Å². The molecule has 118 valence electrons. The van der Waals surface area contributed by atoms with Gasteiger partial charge >= 0.3 is 0 Å². The Hall–Kier alpha value is -1.14. The van der Waals surface area contributed by atoms with Crippen molar-refractivity contribution in [2.24, 2.45) is 5.73 Å². The van der Waals surface area contributed by atoms with Gasteiger partial charge in [-0.2, -0.15) is 0 Å². The van der Waals surface area contributed by atoms with Crippen LogP contribution in [0.2, 0.25) is 0 Å². The van der Waals surface area contributed by atoms with Gasteiger partial charge in [-0.3, -0.25) is 0 Å². The fourth-order valence-corrected chi connectivity index (χ4v) is 3.90. The topological polar surface area (TPSA) is 63.4 Å². The monoisotopic (exact) mass is 314 g/mol. The molecule has 0 saturated carbocycles. The predicted molar refractivity (Wildman–Crippen MR) is 83.9 cm³/mol. The van der Waals surface area contributed by atoms with Gasteiger partial charge < -0.3 is 10.6 Å². The van der Waals surface area contributed by atoms with E-state index in [9.17, 15) is 12.8 Å². The highest BCUT2D eigenvalue weighted by atomic mass is 32.2. The third-order valence-electron chi connectivity index (χ3n) is 3.98. The normalized spacial score (nSPS) is 20.0. The zero-order valence-electron chi connectivity index (χ0n) is 12.4. The highest BCUT2D eigenvalue weighted by molar-refractivity contribution is 7.91. The van der Waals surface area contributed by atoms with Crippen molar-refractivity contribution in [1.82, 2.24) is 0 Å². The Morgan fingerprint density at radius 1 is 1.33 bits per heavy atom. The SMILES string of the molecule is CCC(N)Cc1c(F)cccc1N1CCCS(=O)(=O)CC1. The van der Waals surface area contributed by atoms with Crippen LogP contribution in [-0.4, -0.2) is 39.1 Å². The highest BCUT2D eigenvalue weighted by Gasteiger charge is 2.22. The molecule has 1 saturated heterocycles. The molecule has 0 bridgehead atoms. The van der Waals surface area contributed by atoms with E-state index in [2.05, 4.69) is 0 Å². The molecule has 0 amide bonds. The molecular formula is C15H23FN2O2S. The summed E-state index contributed by atoms with van der Waals surface area (Å²) in [5.74, 6) is 0.0781. The maximum Gasteiger partial charge on any atom is 0.152 e. The van der Waals surface area contributed by atoms with E-state index in [0.29, 0.717) is 31.5 Å². The molecule has 2 N–H and O–H groups in total. The summed E-state index contributed by atoms with van der Waals surface area (Å²) in [4.78, 5) is 1.98. The fourth-order valence-electron chi connectivity index (χ4n) is 2.63. The van der Waals surface area contributed by atoms with Crippen LogP contribution in [0.1, 0.15) is 25.3 Å². The van der Waals surface area contributed by atoms with Gasteiger partial charge in [0.15, 0.2) is 9.84 Å². The minimum Gasteiger partial charge on any atom is -0.370 e. The molecule has 1 aromatic rings. The molecule has 1 fully saturated rings. The van der Waals surface area contributed by atoms with Gasteiger partial charge in [0.1, 0.15) is 5.82 Å². The average Bonchev–Trinajstić information content (AvgIpc) is 2.62. The molecule has 0 aromatic heterocycles. The molecular weight excluding hydrogens is 291 g/mol. The van der Waals surface area contributed by atoms with Crippen LogP contribution in [0.5, 0.6) is 0 Å². The second kappa shape index (κ2) is 6.75. The molecule has 0 radical (unpaired) electrons. The Morgan fingerprint density at radius 3 is 2.81 bits per heavy atom. The van der Waals surface area contributed by atoms with Gasteiger partial charge in [0.25, 0.3) is 0 Å². The number of benzene rings is 1. The first kappa shape index (κ1) is 16.2. The summed E-state index contributed by atoms with van der Waals surface area (Å²) in [7, 11) is -2.97. The van der Waals surface area contributed by atoms with Crippen molar-refractivity contribution in [3.05, 3.63) is 29.6 Å². The summed E-state index contributed by atoms with van der Waals surface area (Å²) >= 11 is 0. The second-order valence-electron chi connectivity index (χ2n) is 5.60. The van der Waals surface area contributed by atoms with Gasteiger partial charge in [0.2, 0.25) is 0 Å². The van der Waals surface area contributed by atoms with Gasteiger partial charge in [-0.05, 0) is 31.4 Å². The van der Waals surface area contributed by atoms with Crippen LogP contribution in [0.3, 0.4) is 0 Å². The summed E-state index contributed by atoms with van der Waals surface area (Å²) in [6, 6.07) is 4.89. The molecule has 1 atom stereocenters. The number of halogens is 1. The highest BCUT2D eigenvalue weighted by Crippen LogP contribution is 2.26. The van der Waals surface area contributed by atoms with E-state index in [1.54, 1.807) is 6.07 Å². The zero-order valence-corrected chi connectivity index (χ0v) is 13.2. The largest absolute Gasteiger partial charge is 0.370 e. The number of hydrogen-bond donors (Lipinski definition) is 1. The molecule has 1 aliphatic heterocycles. The van der Waals surface area contributed by atoms with Gasteiger partial charge in [-0.15, -0.1) is 0 Å². The number of nitrogens with two attached hydrogens (primary N) is 1. The first-order valence-electron chi connectivity index (χ1n) is 7.41. The third-order valence-corrected chi connectivity index (χ3v) is 5.70. The van der Waals surface area contributed by atoms with Gasteiger partial charge in [-0.1, -0.05) is 13.0 Å². The summed E-state index contributed by atoms with van der Waals surface area (Å²) in [5.41, 5.74) is 7.36. The van der Waals surface area contributed by atoms with Crippen molar-refractivity contribution in [3.63, 3.8) is 0 Å². The third kappa shape index (κ3) is 4.17. The van der Waals surface area contributed by atoms with Crippen LogP contribution < -0.4 is 10.6 Å². The average molecular weight is 314 g/mol. The fraction of sp³-hybridized carbons (Fsp3) is 0.600. The lowest BCUT2D eigenvalue weighted by molar-refractivity contribution is 0.577. The number of sulfone groups is 1. The van der Waals surface area contributed by atoms with Gasteiger partial charge in [0.05, 0.1) is 11.5 Å². The maximum absolute atomic E-state index is 14.2. The lowest BCUT2D eigenvalue weighted by Gasteiger charge is -2.26. The predicted octanol–water partition coefficient (Wildman–Crippen LogP) is 1.73. The quantitative estimate of drug-likeness (QED) is 0.919. The van der Waals surface area contributed by atoms with Crippen LogP contribution in [0.25, 0.3) is 0 Å². The van der Waals surface area contributed by atoms with Crippen molar-refractivity contribution >= 4 is 15.5 Å². The first-order chi connectivity index (χ1) is 9.93. The van der Waals surface area contributed by atoms with E-state index >= 15 is 0 Å². The number of anilines is 1. The van der Waals surface area contributed by atoms with E-state index in [0.717, 1.165) is 12.1 Å². The van der Waals surface area contributed by atoms with Crippen LogP contribution in [0, 0.1) is 5.82 Å². The molecule has 6 heteroatoms.